The van der Waals surface area contributed by atoms with E-state index in [9.17, 15) is 4.79 Å². The maximum Gasteiger partial charge on any atom is 0.419 e. The average Bonchev–Trinajstić information content (AvgIpc) is 2.68. The molecule has 21 heavy (non-hydrogen) atoms. The maximum atomic E-state index is 11.6. The Morgan fingerprint density at radius 2 is 2.05 bits per heavy atom. The van der Waals surface area contributed by atoms with Crippen molar-refractivity contribution < 1.29 is 4.42 Å². The van der Waals surface area contributed by atoms with E-state index >= 15 is 0 Å². The second kappa shape index (κ2) is 6.06. The van der Waals surface area contributed by atoms with Gasteiger partial charge in [0.2, 0.25) is 0 Å². The van der Waals surface area contributed by atoms with Gasteiger partial charge < -0.3 is 9.73 Å². The number of hydrogen-bond donors (Lipinski definition) is 1. The summed E-state index contributed by atoms with van der Waals surface area (Å²) in [6, 6.07) is 6.34. The van der Waals surface area contributed by atoms with E-state index in [1.54, 1.807) is 7.05 Å². The first-order valence-corrected chi connectivity index (χ1v) is 7.64. The summed E-state index contributed by atoms with van der Waals surface area (Å²) in [4.78, 5) is 11.6. The van der Waals surface area contributed by atoms with Gasteiger partial charge in [-0.1, -0.05) is 33.8 Å². The Morgan fingerprint density at radius 3 is 2.67 bits per heavy atom. The third-order valence-corrected chi connectivity index (χ3v) is 3.68. The smallest absolute Gasteiger partial charge is 0.408 e. The molecule has 0 radical (unpaired) electrons. The summed E-state index contributed by atoms with van der Waals surface area (Å²) in [5, 5.41) is 3.60. The van der Waals surface area contributed by atoms with Gasteiger partial charge in [0.1, 0.15) is 0 Å². The lowest BCUT2D eigenvalue weighted by Crippen LogP contribution is -2.26. The van der Waals surface area contributed by atoms with Crippen molar-refractivity contribution in [2.45, 2.75) is 46.6 Å². The van der Waals surface area contributed by atoms with Crippen LogP contribution in [0.2, 0.25) is 0 Å². The van der Waals surface area contributed by atoms with Crippen LogP contribution in [-0.2, 0) is 7.05 Å². The lowest BCUT2D eigenvalue weighted by molar-refractivity contribution is 0.311. The third-order valence-electron chi connectivity index (χ3n) is 3.68. The second-order valence-electron chi connectivity index (χ2n) is 6.93. The van der Waals surface area contributed by atoms with Gasteiger partial charge in [-0.25, -0.2) is 4.79 Å². The summed E-state index contributed by atoms with van der Waals surface area (Å²) < 4.78 is 6.84. The molecule has 0 saturated heterocycles. The molecule has 0 aliphatic rings. The molecule has 2 rings (SSSR count). The predicted octanol–water partition coefficient (Wildman–Crippen LogP) is 3.61. The molecule has 0 bridgehead atoms. The predicted molar refractivity (Wildman–Crippen MR) is 86.6 cm³/mol. The topological polar surface area (TPSA) is 47.2 Å². The summed E-state index contributed by atoms with van der Waals surface area (Å²) in [6.07, 6.45) is 2.14. The molecule has 116 valence electrons. The molecule has 0 aliphatic carbocycles. The van der Waals surface area contributed by atoms with Gasteiger partial charge in [-0.05, 0) is 42.5 Å². The summed E-state index contributed by atoms with van der Waals surface area (Å²) in [5.41, 5.74) is 2.92. The number of oxazole rings is 1. The van der Waals surface area contributed by atoms with Crippen LogP contribution in [0, 0.1) is 5.41 Å². The molecular weight excluding hydrogens is 264 g/mol. The first-order valence-electron chi connectivity index (χ1n) is 7.64. The number of aromatic nitrogens is 1. The van der Waals surface area contributed by atoms with Crippen LogP contribution >= 0.6 is 0 Å². The number of benzene rings is 1. The zero-order chi connectivity index (χ0) is 15.6. The van der Waals surface area contributed by atoms with E-state index in [4.69, 9.17) is 4.42 Å². The van der Waals surface area contributed by atoms with E-state index in [0.29, 0.717) is 5.58 Å². The highest BCUT2D eigenvalue weighted by Crippen LogP contribution is 2.30. The minimum absolute atomic E-state index is 0.234. The van der Waals surface area contributed by atoms with Crippen LogP contribution in [0.5, 0.6) is 0 Å². The van der Waals surface area contributed by atoms with E-state index in [1.165, 1.54) is 10.1 Å². The average molecular weight is 290 g/mol. The summed E-state index contributed by atoms with van der Waals surface area (Å²) >= 11 is 0. The van der Waals surface area contributed by atoms with Crippen molar-refractivity contribution in [2.24, 2.45) is 12.5 Å². The molecule has 1 atom stereocenters. The highest BCUT2D eigenvalue weighted by atomic mass is 16.4. The number of fused-ring (bicyclic) bond motifs is 1. The van der Waals surface area contributed by atoms with Crippen molar-refractivity contribution in [3.05, 3.63) is 34.3 Å². The van der Waals surface area contributed by atoms with Gasteiger partial charge in [0.25, 0.3) is 0 Å². The zero-order valence-corrected chi connectivity index (χ0v) is 13.7. The Balaban J connectivity index is 2.36. The first kappa shape index (κ1) is 15.8. The maximum absolute atomic E-state index is 11.6. The molecule has 0 fully saturated rings. The standard InChI is InChI=1S/C17H26N2O2/c1-6-9-18-13(11-17(2,3)4)12-7-8-14-15(10-12)21-16(20)19(14)5/h7-8,10,13,18H,6,9,11H2,1-5H3. The molecule has 0 aliphatic heterocycles. The van der Waals surface area contributed by atoms with Gasteiger partial charge in [-0.3, -0.25) is 4.57 Å². The van der Waals surface area contributed by atoms with Crippen LogP contribution in [0.4, 0.5) is 0 Å². The third kappa shape index (κ3) is 3.76. The molecule has 4 nitrogen and oxygen atoms in total. The van der Waals surface area contributed by atoms with E-state index in [1.807, 2.05) is 12.1 Å². The van der Waals surface area contributed by atoms with E-state index in [2.05, 4.69) is 39.1 Å². The second-order valence-corrected chi connectivity index (χ2v) is 6.93. The van der Waals surface area contributed by atoms with Crippen molar-refractivity contribution >= 4 is 11.1 Å². The van der Waals surface area contributed by atoms with E-state index < -0.39 is 0 Å². The molecule has 0 amide bonds. The van der Waals surface area contributed by atoms with Gasteiger partial charge in [-0.2, -0.15) is 0 Å². The normalized spacial score (nSPS) is 13.8. The Labute approximate surface area is 126 Å². The molecule has 2 aromatic rings. The van der Waals surface area contributed by atoms with Crippen molar-refractivity contribution in [2.75, 3.05) is 6.54 Å². The van der Waals surface area contributed by atoms with Crippen LogP contribution in [-0.4, -0.2) is 11.1 Å². The van der Waals surface area contributed by atoms with Crippen LogP contribution in [0.3, 0.4) is 0 Å². The lowest BCUT2D eigenvalue weighted by Gasteiger charge is -2.27. The molecule has 1 aromatic carbocycles. The Kier molecular flexibility index (Phi) is 4.57. The van der Waals surface area contributed by atoms with Crippen LogP contribution in [0.15, 0.2) is 27.4 Å². The fraction of sp³-hybridized carbons (Fsp3) is 0.588. The molecule has 1 unspecified atom stereocenters. The van der Waals surface area contributed by atoms with Gasteiger partial charge in [0.05, 0.1) is 5.52 Å². The number of nitrogens with zero attached hydrogens (tertiary/aromatic N) is 1. The Morgan fingerprint density at radius 1 is 1.33 bits per heavy atom. The number of hydrogen-bond acceptors (Lipinski definition) is 3. The Bertz CT molecular complexity index is 661. The van der Waals surface area contributed by atoms with Crippen molar-refractivity contribution in [1.29, 1.82) is 0 Å². The number of aryl methyl sites for hydroxylation is 1. The molecular formula is C17H26N2O2. The van der Waals surface area contributed by atoms with E-state index in [0.717, 1.165) is 24.9 Å². The van der Waals surface area contributed by atoms with Gasteiger partial charge in [0.15, 0.2) is 5.58 Å². The monoisotopic (exact) mass is 290 g/mol. The molecule has 1 heterocycles. The quantitative estimate of drug-likeness (QED) is 0.915. The van der Waals surface area contributed by atoms with Gasteiger partial charge in [-0.15, -0.1) is 0 Å². The van der Waals surface area contributed by atoms with Gasteiger partial charge in [0, 0.05) is 13.1 Å². The largest absolute Gasteiger partial charge is 0.419 e. The molecule has 0 spiro atoms. The highest BCUT2D eigenvalue weighted by Gasteiger charge is 2.20. The van der Waals surface area contributed by atoms with Crippen molar-refractivity contribution in [3.8, 4) is 0 Å². The van der Waals surface area contributed by atoms with Crippen molar-refractivity contribution in [1.82, 2.24) is 9.88 Å². The lowest BCUT2D eigenvalue weighted by atomic mass is 9.85. The van der Waals surface area contributed by atoms with E-state index in [-0.39, 0.29) is 17.2 Å². The number of nitrogens with one attached hydrogen (secondary N) is 1. The summed E-state index contributed by atoms with van der Waals surface area (Å²) in [7, 11) is 1.73. The summed E-state index contributed by atoms with van der Waals surface area (Å²) in [5.74, 6) is -0.309. The molecule has 0 saturated carbocycles. The first-order chi connectivity index (χ1) is 9.81. The fourth-order valence-electron chi connectivity index (χ4n) is 2.61. The molecule has 1 aromatic heterocycles. The highest BCUT2D eigenvalue weighted by molar-refractivity contribution is 5.73. The minimum atomic E-state index is -0.309. The molecule has 4 heteroatoms. The van der Waals surface area contributed by atoms with Crippen LogP contribution in [0.25, 0.3) is 11.1 Å². The Hall–Kier alpha value is -1.55. The minimum Gasteiger partial charge on any atom is -0.408 e. The van der Waals surface area contributed by atoms with Gasteiger partial charge >= 0.3 is 5.76 Å². The molecule has 1 N–H and O–H groups in total. The zero-order valence-electron chi connectivity index (χ0n) is 13.7. The summed E-state index contributed by atoms with van der Waals surface area (Å²) in [6.45, 7) is 9.89. The van der Waals surface area contributed by atoms with Crippen LogP contribution in [0.1, 0.15) is 52.1 Å². The van der Waals surface area contributed by atoms with Crippen molar-refractivity contribution in [3.63, 3.8) is 0 Å². The SMILES string of the molecule is CCCNC(CC(C)(C)C)c1ccc2c(c1)oc(=O)n2C. The fourth-order valence-corrected chi connectivity index (χ4v) is 2.61. The van der Waals surface area contributed by atoms with Crippen LogP contribution < -0.4 is 11.1 Å². The number of rotatable bonds is 5.